The molecule has 0 bridgehead atoms. The number of methoxy groups -OCH3 is 1. The topological polar surface area (TPSA) is 120 Å². The van der Waals surface area contributed by atoms with Crippen molar-refractivity contribution in [2.75, 3.05) is 25.6 Å². The summed E-state index contributed by atoms with van der Waals surface area (Å²) in [6.07, 6.45) is 4.19. The maximum absolute atomic E-state index is 15.1. The molecule has 0 radical (unpaired) electrons. The highest BCUT2D eigenvalue weighted by atomic mass is 19.1. The fourth-order valence-corrected chi connectivity index (χ4v) is 4.82. The number of halogens is 3. The second kappa shape index (κ2) is 11.7. The highest BCUT2D eigenvalue weighted by Gasteiger charge is 2.42. The molecule has 2 aromatic heterocycles. The van der Waals surface area contributed by atoms with E-state index in [2.05, 4.69) is 15.3 Å². The van der Waals surface area contributed by atoms with Gasteiger partial charge in [0, 0.05) is 19.3 Å². The van der Waals surface area contributed by atoms with Crippen molar-refractivity contribution >= 4 is 11.6 Å². The molecule has 1 fully saturated rings. The molecule has 1 saturated carbocycles. The standard InChI is InChI=1S/C28H31F3N4O4/c1-15-12-16(13-23(32)28(15,2)37)17-8-9-33-14-21(17)35-27(36)20-6-4-19(30)26(34-20)24-18(29)5-7-22(25(24)31)39-11-10-38-3/h4-9,14-16,23,37H,10-13,32H2,1-3H3,(H,35,36)/t15-,16+,23+,28+/m0/s1. The summed E-state index contributed by atoms with van der Waals surface area (Å²) in [5, 5.41) is 13.4. The summed E-state index contributed by atoms with van der Waals surface area (Å²) in [5.41, 5.74) is 4.72. The number of anilines is 1. The zero-order valence-electron chi connectivity index (χ0n) is 21.9. The van der Waals surface area contributed by atoms with Crippen molar-refractivity contribution in [3.05, 3.63) is 71.4 Å². The largest absolute Gasteiger partial charge is 0.488 e. The number of nitrogens with two attached hydrogens (primary N) is 1. The number of pyridine rings is 2. The van der Waals surface area contributed by atoms with Crippen LogP contribution < -0.4 is 15.8 Å². The predicted octanol–water partition coefficient (Wildman–Crippen LogP) is 4.43. The molecule has 0 unspecified atom stereocenters. The summed E-state index contributed by atoms with van der Waals surface area (Å²) in [7, 11) is 1.44. The van der Waals surface area contributed by atoms with Gasteiger partial charge in [-0.05, 0) is 67.5 Å². The van der Waals surface area contributed by atoms with Gasteiger partial charge in [0.05, 0.1) is 29.7 Å². The normalized spacial score (nSPS) is 22.9. The molecule has 0 aliphatic heterocycles. The molecule has 1 aliphatic carbocycles. The molecule has 1 aliphatic rings. The van der Waals surface area contributed by atoms with Gasteiger partial charge in [-0.25, -0.2) is 18.2 Å². The summed E-state index contributed by atoms with van der Waals surface area (Å²) in [4.78, 5) is 21.2. The summed E-state index contributed by atoms with van der Waals surface area (Å²) in [5.74, 6) is -4.42. The molecule has 8 nitrogen and oxygen atoms in total. The van der Waals surface area contributed by atoms with Crippen molar-refractivity contribution < 1.29 is 32.5 Å². The highest BCUT2D eigenvalue weighted by molar-refractivity contribution is 6.03. The van der Waals surface area contributed by atoms with Crippen LogP contribution in [0.25, 0.3) is 11.3 Å². The van der Waals surface area contributed by atoms with Crippen LogP contribution in [0.4, 0.5) is 18.9 Å². The van der Waals surface area contributed by atoms with Crippen molar-refractivity contribution in [2.24, 2.45) is 11.7 Å². The van der Waals surface area contributed by atoms with E-state index in [1.54, 1.807) is 19.2 Å². The molecule has 4 atom stereocenters. The second-order valence-corrected chi connectivity index (χ2v) is 9.92. The lowest BCUT2D eigenvalue weighted by Crippen LogP contribution is -2.54. The Morgan fingerprint density at radius 1 is 1.15 bits per heavy atom. The van der Waals surface area contributed by atoms with Crippen molar-refractivity contribution in [3.63, 3.8) is 0 Å². The average molecular weight is 545 g/mol. The van der Waals surface area contributed by atoms with Crippen LogP contribution in [0.5, 0.6) is 5.75 Å². The van der Waals surface area contributed by atoms with Crippen LogP contribution in [0.3, 0.4) is 0 Å². The van der Waals surface area contributed by atoms with E-state index in [0.29, 0.717) is 18.5 Å². The van der Waals surface area contributed by atoms with Gasteiger partial charge >= 0.3 is 0 Å². The number of carbonyl (C=O) groups excluding carboxylic acids is 1. The van der Waals surface area contributed by atoms with Crippen LogP contribution >= 0.6 is 0 Å². The van der Waals surface area contributed by atoms with Gasteiger partial charge in [0.15, 0.2) is 11.6 Å². The predicted molar refractivity (Wildman–Crippen MR) is 139 cm³/mol. The third-order valence-electron chi connectivity index (χ3n) is 7.38. The Kier molecular flexibility index (Phi) is 8.53. The molecular formula is C28H31F3N4O4. The van der Waals surface area contributed by atoms with Gasteiger partial charge in [-0.1, -0.05) is 6.92 Å². The van der Waals surface area contributed by atoms with Crippen LogP contribution in [-0.4, -0.2) is 52.9 Å². The molecule has 4 rings (SSSR count). The SMILES string of the molecule is COCCOc1ccc(F)c(-c2nc(C(=O)Nc3cnccc3[C@H]3C[C@@H](N)[C@](C)(O)[C@@H](C)C3)ccc2F)c1F. The lowest BCUT2D eigenvalue weighted by Gasteiger charge is -2.44. The van der Waals surface area contributed by atoms with Crippen molar-refractivity contribution in [1.82, 2.24) is 9.97 Å². The van der Waals surface area contributed by atoms with E-state index >= 15 is 4.39 Å². The molecule has 1 amide bonds. The number of aliphatic hydroxyl groups is 1. The van der Waals surface area contributed by atoms with Crippen molar-refractivity contribution in [1.29, 1.82) is 0 Å². The van der Waals surface area contributed by atoms with Gasteiger partial charge in [-0.2, -0.15) is 0 Å². The Hall–Kier alpha value is -3.54. The second-order valence-electron chi connectivity index (χ2n) is 9.92. The number of nitrogens with one attached hydrogen (secondary N) is 1. The number of amides is 1. The van der Waals surface area contributed by atoms with Crippen LogP contribution in [0.1, 0.15) is 48.7 Å². The maximum Gasteiger partial charge on any atom is 0.274 e. The van der Waals surface area contributed by atoms with Gasteiger partial charge in [0.1, 0.15) is 29.6 Å². The van der Waals surface area contributed by atoms with E-state index in [0.717, 1.165) is 29.8 Å². The Labute approximate surface area is 224 Å². The number of aromatic nitrogens is 2. The summed E-state index contributed by atoms with van der Waals surface area (Å²) in [6.45, 7) is 3.80. The molecule has 39 heavy (non-hydrogen) atoms. The van der Waals surface area contributed by atoms with Crippen LogP contribution in [0.15, 0.2) is 42.7 Å². The number of benzene rings is 1. The molecule has 1 aromatic carbocycles. The van der Waals surface area contributed by atoms with E-state index in [4.69, 9.17) is 15.2 Å². The number of rotatable bonds is 8. The first-order valence-corrected chi connectivity index (χ1v) is 12.5. The molecule has 208 valence electrons. The summed E-state index contributed by atoms with van der Waals surface area (Å²) >= 11 is 0. The first-order chi connectivity index (χ1) is 18.5. The van der Waals surface area contributed by atoms with Crippen molar-refractivity contribution in [2.45, 2.75) is 44.2 Å². The van der Waals surface area contributed by atoms with Crippen molar-refractivity contribution in [3.8, 4) is 17.0 Å². The minimum absolute atomic E-state index is 0.00743. The van der Waals surface area contributed by atoms with Crippen LogP contribution in [-0.2, 0) is 4.74 Å². The quantitative estimate of drug-likeness (QED) is 0.359. The van der Waals surface area contributed by atoms with E-state index in [1.165, 1.54) is 13.3 Å². The van der Waals surface area contributed by atoms with Gasteiger partial charge in [-0.3, -0.25) is 9.78 Å². The Balaban J connectivity index is 1.62. The minimum atomic E-state index is -1.15. The fraction of sp³-hybridized carbons (Fsp3) is 0.393. The lowest BCUT2D eigenvalue weighted by atomic mass is 9.68. The lowest BCUT2D eigenvalue weighted by molar-refractivity contribution is -0.0463. The van der Waals surface area contributed by atoms with Gasteiger partial charge in [0.25, 0.3) is 5.91 Å². The molecule has 2 heterocycles. The number of hydrogen-bond acceptors (Lipinski definition) is 7. The fourth-order valence-electron chi connectivity index (χ4n) is 4.82. The van der Waals surface area contributed by atoms with Gasteiger partial charge in [-0.15, -0.1) is 0 Å². The molecule has 3 aromatic rings. The Morgan fingerprint density at radius 2 is 1.90 bits per heavy atom. The molecule has 0 spiro atoms. The Bertz CT molecular complexity index is 1340. The Morgan fingerprint density at radius 3 is 2.62 bits per heavy atom. The van der Waals surface area contributed by atoms with Crippen LogP contribution in [0.2, 0.25) is 0 Å². The third-order valence-corrected chi connectivity index (χ3v) is 7.38. The monoisotopic (exact) mass is 544 g/mol. The number of hydrogen-bond donors (Lipinski definition) is 3. The van der Waals surface area contributed by atoms with E-state index in [9.17, 15) is 18.7 Å². The molecule has 4 N–H and O–H groups in total. The zero-order valence-corrected chi connectivity index (χ0v) is 21.9. The first-order valence-electron chi connectivity index (χ1n) is 12.5. The smallest absolute Gasteiger partial charge is 0.274 e. The maximum atomic E-state index is 15.1. The highest BCUT2D eigenvalue weighted by Crippen LogP contribution is 2.43. The van der Waals surface area contributed by atoms with Crippen LogP contribution in [0, 0.1) is 23.4 Å². The zero-order chi connectivity index (χ0) is 28.3. The number of carbonyl (C=O) groups is 1. The number of nitrogens with zero attached hydrogens (tertiary/aromatic N) is 2. The van der Waals surface area contributed by atoms with Gasteiger partial charge < -0.3 is 25.6 Å². The number of ether oxygens (including phenoxy) is 2. The average Bonchev–Trinajstić information content (AvgIpc) is 2.90. The summed E-state index contributed by atoms with van der Waals surface area (Å²) < 4.78 is 54.7. The summed E-state index contributed by atoms with van der Waals surface area (Å²) in [6, 6.07) is 5.35. The molecular weight excluding hydrogens is 513 g/mol. The molecule has 0 saturated heterocycles. The first kappa shape index (κ1) is 28.5. The van der Waals surface area contributed by atoms with Gasteiger partial charge in [0.2, 0.25) is 0 Å². The minimum Gasteiger partial charge on any atom is -0.488 e. The molecule has 11 heteroatoms. The van der Waals surface area contributed by atoms with E-state index < -0.39 is 46.3 Å². The van der Waals surface area contributed by atoms with E-state index in [-0.39, 0.29) is 36.5 Å². The third kappa shape index (κ3) is 5.90. The van der Waals surface area contributed by atoms with E-state index in [1.807, 2.05) is 6.92 Å².